The van der Waals surface area contributed by atoms with Gasteiger partial charge in [-0.05, 0) is 23.8 Å². The van der Waals surface area contributed by atoms with Crippen LogP contribution in [0.2, 0.25) is 5.02 Å². The van der Waals surface area contributed by atoms with Crippen molar-refractivity contribution >= 4 is 23.6 Å². The number of halogens is 2. The Bertz CT molecular complexity index is 640. The summed E-state index contributed by atoms with van der Waals surface area (Å²) in [4.78, 5) is 11.6. The Balaban J connectivity index is 1.93. The van der Waals surface area contributed by atoms with Gasteiger partial charge in [-0.25, -0.2) is 4.39 Å². The first-order valence-electron chi connectivity index (χ1n) is 6.10. The maximum absolute atomic E-state index is 13.4. The van der Waals surface area contributed by atoms with Crippen LogP contribution in [0, 0.1) is 5.82 Å². The summed E-state index contributed by atoms with van der Waals surface area (Å²) in [5.74, 6) is -0.629. The molecule has 0 saturated heterocycles. The van der Waals surface area contributed by atoms with Crippen molar-refractivity contribution in [3.8, 4) is 0 Å². The van der Waals surface area contributed by atoms with E-state index < -0.39 is 0 Å². The van der Waals surface area contributed by atoms with E-state index in [-0.39, 0.29) is 18.3 Å². The standard InChI is InChI=1S/C16H13ClFNO/c17-14-7-3-1-5-12(14)9-10-16(20)19-11-13-6-2-4-8-15(13)18/h1-10H,11H2,(H,19,20)/b10-9+. The molecular weight excluding hydrogens is 277 g/mol. The molecule has 0 aliphatic heterocycles. The van der Waals surface area contributed by atoms with Crippen molar-refractivity contribution in [2.24, 2.45) is 0 Å². The molecule has 0 saturated carbocycles. The van der Waals surface area contributed by atoms with Gasteiger partial charge in [0.2, 0.25) is 5.91 Å². The molecule has 0 fully saturated rings. The Morgan fingerprint density at radius 3 is 2.60 bits per heavy atom. The zero-order valence-electron chi connectivity index (χ0n) is 10.6. The van der Waals surface area contributed by atoms with Crippen LogP contribution in [0.25, 0.3) is 6.08 Å². The second-order valence-electron chi connectivity index (χ2n) is 4.16. The molecular formula is C16H13ClFNO. The molecule has 0 atom stereocenters. The van der Waals surface area contributed by atoms with E-state index in [0.29, 0.717) is 10.6 Å². The minimum atomic E-state index is -0.331. The largest absolute Gasteiger partial charge is 0.348 e. The van der Waals surface area contributed by atoms with Crippen molar-refractivity contribution in [1.82, 2.24) is 5.32 Å². The second kappa shape index (κ2) is 6.87. The number of amides is 1. The molecule has 2 aromatic carbocycles. The van der Waals surface area contributed by atoms with Gasteiger partial charge in [-0.2, -0.15) is 0 Å². The van der Waals surface area contributed by atoms with Gasteiger partial charge in [0.15, 0.2) is 0 Å². The van der Waals surface area contributed by atoms with Crippen LogP contribution in [0.1, 0.15) is 11.1 Å². The number of benzene rings is 2. The highest BCUT2D eigenvalue weighted by atomic mass is 35.5. The highest BCUT2D eigenvalue weighted by Gasteiger charge is 2.02. The number of hydrogen-bond acceptors (Lipinski definition) is 1. The number of rotatable bonds is 4. The Morgan fingerprint density at radius 1 is 1.15 bits per heavy atom. The molecule has 2 rings (SSSR count). The molecule has 2 nitrogen and oxygen atoms in total. The van der Waals surface area contributed by atoms with Gasteiger partial charge in [-0.3, -0.25) is 4.79 Å². The molecule has 0 heterocycles. The fraction of sp³-hybridized carbons (Fsp3) is 0.0625. The zero-order valence-corrected chi connectivity index (χ0v) is 11.4. The van der Waals surface area contributed by atoms with Crippen molar-refractivity contribution in [3.05, 3.63) is 76.6 Å². The lowest BCUT2D eigenvalue weighted by Crippen LogP contribution is -2.20. The predicted molar refractivity (Wildman–Crippen MR) is 78.7 cm³/mol. The minimum absolute atomic E-state index is 0.151. The van der Waals surface area contributed by atoms with E-state index in [2.05, 4.69) is 5.32 Å². The minimum Gasteiger partial charge on any atom is -0.348 e. The molecule has 20 heavy (non-hydrogen) atoms. The smallest absolute Gasteiger partial charge is 0.244 e. The summed E-state index contributed by atoms with van der Waals surface area (Å²) in [5, 5.41) is 3.20. The maximum Gasteiger partial charge on any atom is 0.244 e. The molecule has 0 unspecified atom stereocenters. The number of nitrogens with one attached hydrogen (secondary N) is 1. The summed E-state index contributed by atoms with van der Waals surface area (Å²) in [5.41, 5.74) is 1.21. The van der Waals surface area contributed by atoms with Gasteiger partial charge in [0, 0.05) is 23.2 Å². The first kappa shape index (κ1) is 14.3. The predicted octanol–water partition coefficient (Wildman–Crippen LogP) is 3.81. The van der Waals surface area contributed by atoms with Crippen LogP contribution in [0.3, 0.4) is 0 Å². The van der Waals surface area contributed by atoms with Crippen LogP contribution >= 0.6 is 11.6 Å². The van der Waals surface area contributed by atoms with Gasteiger partial charge in [-0.15, -0.1) is 0 Å². The van der Waals surface area contributed by atoms with E-state index in [1.165, 1.54) is 12.1 Å². The molecule has 1 amide bonds. The second-order valence-corrected chi connectivity index (χ2v) is 4.57. The van der Waals surface area contributed by atoms with Gasteiger partial charge < -0.3 is 5.32 Å². The average molecular weight is 290 g/mol. The third-order valence-corrected chi connectivity index (χ3v) is 3.07. The van der Waals surface area contributed by atoms with Gasteiger partial charge in [0.25, 0.3) is 0 Å². The molecule has 102 valence electrons. The molecule has 4 heteroatoms. The Kier molecular flexibility index (Phi) is 4.91. The van der Waals surface area contributed by atoms with E-state index in [1.54, 1.807) is 30.3 Å². The van der Waals surface area contributed by atoms with Gasteiger partial charge in [0.1, 0.15) is 5.82 Å². The molecule has 0 radical (unpaired) electrons. The molecule has 0 aromatic heterocycles. The lowest BCUT2D eigenvalue weighted by atomic mass is 10.2. The molecule has 2 aromatic rings. The van der Waals surface area contributed by atoms with E-state index in [9.17, 15) is 9.18 Å². The van der Waals surface area contributed by atoms with Gasteiger partial charge >= 0.3 is 0 Å². The van der Waals surface area contributed by atoms with E-state index in [1.807, 2.05) is 18.2 Å². The van der Waals surface area contributed by atoms with Crippen LogP contribution in [-0.2, 0) is 11.3 Å². The Hall–Kier alpha value is -2.13. The fourth-order valence-electron chi connectivity index (χ4n) is 1.66. The number of carbonyl (C=O) groups is 1. The molecule has 0 bridgehead atoms. The topological polar surface area (TPSA) is 29.1 Å². The SMILES string of the molecule is O=C(/C=C/c1ccccc1Cl)NCc1ccccc1F. The lowest BCUT2D eigenvalue weighted by Gasteiger charge is -2.03. The quantitative estimate of drug-likeness (QED) is 0.852. The molecule has 1 N–H and O–H groups in total. The molecule has 0 spiro atoms. The van der Waals surface area contributed by atoms with Crippen LogP contribution in [0.4, 0.5) is 4.39 Å². The summed E-state index contributed by atoms with van der Waals surface area (Å²) in [6.45, 7) is 0.151. The van der Waals surface area contributed by atoms with Crippen molar-refractivity contribution in [2.75, 3.05) is 0 Å². The third-order valence-electron chi connectivity index (χ3n) is 2.73. The van der Waals surface area contributed by atoms with Crippen molar-refractivity contribution in [1.29, 1.82) is 0 Å². The normalized spacial score (nSPS) is 10.7. The van der Waals surface area contributed by atoms with Crippen molar-refractivity contribution < 1.29 is 9.18 Å². The van der Waals surface area contributed by atoms with Gasteiger partial charge in [0.05, 0.1) is 0 Å². The lowest BCUT2D eigenvalue weighted by molar-refractivity contribution is -0.116. The monoisotopic (exact) mass is 289 g/mol. The van der Waals surface area contributed by atoms with Crippen LogP contribution in [0.5, 0.6) is 0 Å². The highest BCUT2D eigenvalue weighted by Crippen LogP contribution is 2.16. The maximum atomic E-state index is 13.4. The van der Waals surface area contributed by atoms with Crippen molar-refractivity contribution in [2.45, 2.75) is 6.54 Å². The Labute approximate surface area is 121 Å². The fourth-order valence-corrected chi connectivity index (χ4v) is 1.86. The van der Waals surface area contributed by atoms with Crippen LogP contribution < -0.4 is 5.32 Å². The first-order valence-corrected chi connectivity index (χ1v) is 6.48. The van der Waals surface area contributed by atoms with Crippen LogP contribution in [0.15, 0.2) is 54.6 Å². The summed E-state index contributed by atoms with van der Waals surface area (Å²) < 4.78 is 13.4. The molecule has 0 aliphatic carbocycles. The van der Waals surface area contributed by atoms with Crippen molar-refractivity contribution in [3.63, 3.8) is 0 Å². The average Bonchev–Trinajstić information content (AvgIpc) is 2.45. The number of hydrogen-bond donors (Lipinski definition) is 1. The summed E-state index contributed by atoms with van der Waals surface area (Å²) in [6.07, 6.45) is 3.00. The Morgan fingerprint density at radius 2 is 1.85 bits per heavy atom. The highest BCUT2D eigenvalue weighted by molar-refractivity contribution is 6.32. The first-order chi connectivity index (χ1) is 9.66. The third kappa shape index (κ3) is 3.93. The summed E-state index contributed by atoms with van der Waals surface area (Å²) in [6, 6.07) is 13.5. The van der Waals surface area contributed by atoms with Crippen LogP contribution in [-0.4, -0.2) is 5.91 Å². The van der Waals surface area contributed by atoms with E-state index >= 15 is 0 Å². The molecule has 0 aliphatic rings. The zero-order chi connectivity index (χ0) is 14.4. The number of carbonyl (C=O) groups excluding carboxylic acids is 1. The summed E-state index contributed by atoms with van der Waals surface area (Å²) in [7, 11) is 0. The van der Waals surface area contributed by atoms with Gasteiger partial charge in [-0.1, -0.05) is 48.0 Å². The summed E-state index contributed by atoms with van der Waals surface area (Å²) >= 11 is 5.97. The van der Waals surface area contributed by atoms with E-state index in [4.69, 9.17) is 11.6 Å². The van der Waals surface area contributed by atoms with E-state index in [0.717, 1.165) is 5.56 Å².